The molecule has 1 aliphatic carbocycles. The lowest BCUT2D eigenvalue weighted by Crippen LogP contribution is -2.46. The van der Waals surface area contributed by atoms with Gasteiger partial charge in [0.1, 0.15) is 0 Å². The first-order chi connectivity index (χ1) is 16.5. The molecular formula is C27H32N6O. The molecular weight excluding hydrogens is 424 g/mol. The standard InChI is InChI=1S/C27H32N6O/c1-20-24-29-13-6-14-33(24)30-25(20)31(2)26(34)27(10-4-3-5-11-27)12-16-32-15-9-22-8-7-21(18-28)17-23(22)19-32/h6-8,13-14,17H,3-5,9-12,15-16,19H2,1-2H3. The summed E-state index contributed by atoms with van der Waals surface area (Å²) >= 11 is 0. The lowest BCUT2D eigenvalue weighted by molar-refractivity contribution is -0.130. The van der Waals surface area contributed by atoms with Crippen LogP contribution in [0.1, 0.15) is 60.8 Å². The highest BCUT2D eigenvalue weighted by molar-refractivity contribution is 5.97. The van der Waals surface area contributed by atoms with Gasteiger partial charge in [-0.1, -0.05) is 25.3 Å². The Balaban J connectivity index is 1.34. The Morgan fingerprint density at radius 1 is 1.24 bits per heavy atom. The number of aryl methyl sites for hydroxylation is 1. The molecule has 176 valence electrons. The zero-order chi connectivity index (χ0) is 23.7. The van der Waals surface area contributed by atoms with Crippen LogP contribution in [0.3, 0.4) is 0 Å². The Hall–Kier alpha value is -3.24. The second kappa shape index (κ2) is 9.19. The second-order valence-electron chi connectivity index (χ2n) is 9.91. The zero-order valence-corrected chi connectivity index (χ0v) is 20.1. The van der Waals surface area contributed by atoms with Crippen LogP contribution in [-0.2, 0) is 17.8 Å². The molecule has 1 fully saturated rings. The first-order valence-electron chi connectivity index (χ1n) is 12.3. The molecule has 1 aliphatic heterocycles. The summed E-state index contributed by atoms with van der Waals surface area (Å²) in [6, 6.07) is 10.1. The van der Waals surface area contributed by atoms with Crippen molar-refractivity contribution in [2.24, 2.45) is 5.41 Å². The quantitative estimate of drug-likeness (QED) is 0.573. The van der Waals surface area contributed by atoms with Gasteiger partial charge in [0.25, 0.3) is 0 Å². The molecule has 5 rings (SSSR count). The van der Waals surface area contributed by atoms with Crippen molar-refractivity contribution < 1.29 is 4.79 Å². The number of benzene rings is 1. The summed E-state index contributed by atoms with van der Waals surface area (Å²) in [5, 5.41) is 13.9. The molecule has 0 bridgehead atoms. The summed E-state index contributed by atoms with van der Waals surface area (Å²) in [5.41, 5.74) is 4.69. The first-order valence-corrected chi connectivity index (χ1v) is 12.3. The van der Waals surface area contributed by atoms with E-state index in [0.29, 0.717) is 5.82 Å². The Labute approximate surface area is 201 Å². The third-order valence-corrected chi connectivity index (χ3v) is 7.82. The van der Waals surface area contributed by atoms with Crippen LogP contribution in [-0.4, -0.2) is 45.5 Å². The lowest BCUT2D eigenvalue weighted by atomic mass is 9.70. The summed E-state index contributed by atoms with van der Waals surface area (Å²) in [5.74, 6) is 0.882. The van der Waals surface area contributed by atoms with Crippen LogP contribution < -0.4 is 4.90 Å². The predicted octanol–water partition coefficient (Wildman–Crippen LogP) is 4.27. The van der Waals surface area contributed by atoms with Crippen molar-refractivity contribution >= 4 is 17.4 Å². The molecule has 0 atom stereocenters. The molecule has 3 aromatic rings. The van der Waals surface area contributed by atoms with Gasteiger partial charge in [0, 0.05) is 38.1 Å². The van der Waals surface area contributed by atoms with Gasteiger partial charge in [0.05, 0.1) is 17.0 Å². The number of anilines is 1. The summed E-state index contributed by atoms with van der Waals surface area (Å²) < 4.78 is 1.75. The Morgan fingerprint density at radius 2 is 2.06 bits per heavy atom. The van der Waals surface area contributed by atoms with Crippen molar-refractivity contribution in [1.82, 2.24) is 19.5 Å². The topological polar surface area (TPSA) is 77.5 Å². The van der Waals surface area contributed by atoms with Crippen LogP contribution in [0, 0.1) is 23.7 Å². The van der Waals surface area contributed by atoms with E-state index in [1.165, 1.54) is 17.5 Å². The van der Waals surface area contributed by atoms with Gasteiger partial charge in [0.2, 0.25) is 5.91 Å². The molecule has 0 spiro atoms. The largest absolute Gasteiger partial charge is 0.299 e. The van der Waals surface area contributed by atoms with Crippen LogP contribution in [0.5, 0.6) is 0 Å². The van der Waals surface area contributed by atoms with Crippen LogP contribution in [0.4, 0.5) is 5.82 Å². The van der Waals surface area contributed by atoms with Gasteiger partial charge in [-0.25, -0.2) is 9.50 Å². The SMILES string of the molecule is Cc1c(N(C)C(=O)C2(CCN3CCc4ccc(C#N)cc4C3)CCCCC2)nn2cccnc12. The highest BCUT2D eigenvalue weighted by Crippen LogP contribution is 2.42. The maximum Gasteiger partial charge on any atom is 0.234 e. The fraction of sp³-hybridized carbons (Fsp3) is 0.481. The van der Waals surface area contributed by atoms with E-state index in [9.17, 15) is 10.1 Å². The van der Waals surface area contributed by atoms with Crippen LogP contribution in [0.2, 0.25) is 0 Å². The van der Waals surface area contributed by atoms with E-state index in [1.807, 2.05) is 38.4 Å². The number of carbonyl (C=O) groups is 1. The number of hydrogen-bond acceptors (Lipinski definition) is 5. The molecule has 1 amide bonds. The van der Waals surface area contributed by atoms with Crippen molar-refractivity contribution in [3.63, 3.8) is 0 Å². The Morgan fingerprint density at radius 3 is 2.82 bits per heavy atom. The number of nitriles is 1. The van der Waals surface area contributed by atoms with Crippen molar-refractivity contribution in [3.8, 4) is 6.07 Å². The number of nitrogens with zero attached hydrogens (tertiary/aromatic N) is 6. The normalized spacial score (nSPS) is 17.8. The van der Waals surface area contributed by atoms with Crippen LogP contribution >= 0.6 is 0 Å². The molecule has 3 heterocycles. The third kappa shape index (κ3) is 4.07. The van der Waals surface area contributed by atoms with Gasteiger partial charge < -0.3 is 0 Å². The third-order valence-electron chi connectivity index (χ3n) is 7.82. The Kier molecular flexibility index (Phi) is 6.09. The average molecular weight is 457 g/mol. The lowest BCUT2D eigenvalue weighted by Gasteiger charge is -2.40. The number of carbonyl (C=O) groups excluding carboxylic acids is 1. The van der Waals surface area contributed by atoms with Gasteiger partial charge in [0.15, 0.2) is 11.5 Å². The molecule has 7 heteroatoms. The van der Waals surface area contributed by atoms with Gasteiger partial charge >= 0.3 is 0 Å². The molecule has 0 unspecified atom stereocenters. The molecule has 2 aliphatic rings. The highest BCUT2D eigenvalue weighted by Gasteiger charge is 2.42. The summed E-state index contributed by atoms with van der Waals surface area (Å²) in [4.78, 5) is 22.7. The van der Waals surface area contributed by atoms with E-state index in [4.69, 9.17) is 0 Å². The van der Waals surface area contributed by atoms with E-state index in [1.54, 1.807) is 15.6 Å². The molecule has 34 heavy (non-hydrogen) atoms. The van der Waals surface area contributed by atoms with Crippen molar-refractivity contribution in [2.75, 3.05) is 25.0 Å². The Bertz CT molecular complexity index is 1250. The van der Waals surface area contributed by atoms with E-state index >= 15 is 0 Å². The first kappa shape index (κ1) is 22.5. The molecule has 2 aromatic heterocycles. The van der Waals surface area contributed by atoms with Gasteiger partial charge in [-0.3, -0.25) is 14.6 Å². The minimum Gasteiger partial charge on any atom is -0.299 e. The zero-order valence-electron chi connectivity index (χ0n) is 20.1. The molecule has 0 saturated heterocycles. The number of fused-ring (bicyclic) bond motifs is 2. The second-order valence-corrected chi connectivity index (χ2v) is 9.91. The smallest absolute Gasteiger partial charge is 0.234 e. The maximum absolute atomic E-state index is 14.0. The molecule has 0 N–H and O–H groups in total. The van der Waals surface area contributed by atoms with Crippen LogP contribution in [0.15, 0.2) is 36.7 Å². The minimum atomic E-state index is -0.350. The summed E-state index contributed by atoms with van der Waals surface area (Å²) in [6.07, 6.45) is 10.7. The van der Waals surface area contributed by atoms with E-state index < -0.39 is 0 Å². The number of amides is 1. The fourth-order valence-electron chi connectivity index (χ4n) is 5.81. The van der Waals surface area contributed by atoms with Crippen molar-refractivity contribution in [1.29, 1.82) is 5.26 Å². The van der Waals surface area contributed by atoms with Crippen molar-refractivity contribution in [2.45, 2.75) is 58.4 Å². The molecule has 0 radical (unpaired) electrons. The maximum atomic E-state index is 14.0. The highest BCUT2D eigenvalue weighted by atomic mass is 16.2. The minimum absolute atomic E-state index is 0.183. The predicted molar refractivity (Wildman–Crippen MR) is 131 cm³/mol. The average Bonchev–Trinajstić information content (AvgIpc) is 3.23. The van der Waals surface area contributed by atoms with Gasteiger partial charge in [-0.2, -0.15) is 5.26 Å². The summed E-state index contributed by atoms with van der Waals surface area (Å²) in [7, 11) is 1.87. The number of hydrogen-bond donors (Lipinski definition) is 0. The van der Waals surface area contributed by atoms with Gasteiger partial charge in [-0.05, 0) is 68.5 Å². The van der Waals surface area contributed by atoms with E-state index in [2.05, 4.69) is 27.1 Å². The number of rotatable bonds is 5. The number of aromatic nitrogens is 3. The van der Waals surface area contributed by atoms with E-state index in [0.717, 1.165) is 74.9 Å². The monoisotopic (exact) mass is 456 g/mol. The molecule has 7 nitrogen and oxygen atoms in total. The van der Waals surface area contributed by atoms with Gasteiger partial charge in [-0.15, -0.1) is 5.10 Å². The van der Waals surface area contributed by atoms with Crippen molar-refractivity contribution in [3.05, 3.63) is 58.9 Å². The van der Waals surface area contributed by atoms with Crippen LogP contribution in [0.25, 0.3) is 5.65 Å². The van der Waals surface area contributed by atoms with E-state index in [-0.39, 0.29) is 11.3 Å². The molecule has 1 aromatic carbocycles. The fourth-order valence-corrected chi connectivity index (χ4v) is 5.81. The summed E-state index contributed by atoms with van der Waals surface area (Å²) in [6.45, 7) is 4.72. The molecule has 1 saturated carbocycles.